The SMILES string of the molecule is CC1=CC(C(=O)Cl)C1. The fourth-order valence-corrected chi connectivity index (χ4v) is 0.943. The molecule has 2 heteroatoms. The van der Waals surface area contributed by atoms with Gasteiger partial charge in [-0.1, -0.05) is 11.6 Å². The number of allylic oxidation sites excluding steroid dienone is 2. The molecule has 0 bridgehead atoms. The zero-order chi connectivity index (χ0) is 6.15. The monoisotopic (exact) mass is 130 g/mol. The quantitative estimate of drug-likeness (QED) is 0.390. The lowest BCUT2D eigenvalue weighted by Crippen LogP contribution is -2.14. The van der Waals surface area contributed by atoms with E-state index in [1.165, 1.54) is 5.57 Å². The van der Waals surface area contributed by atoms with Crippen LogP contribution in [-0.4, -0.2) is 5.24 Å². The predicted octanol–water partition coefficient (Wildman–Crippen LogP) is 1.72. The Morgan fingerprint density at radius 1 is 2.00 bits per heavy atom. The van der Waals surface area contributed by atoms with Crippen LogP contribution in [-0.2, 0) is 4.79 Å². The third-order valence-corrected chi connectivity index (χ3v) is 1.60. The molecule has 1 rings (SSSR count). The van der Waals surface area contributed by atoms with Gasteiger partial charge >= 0.3 is 0 Å². The molecule has 0 N–H and O–H groups in total. The molecule has 1 nitrogen and oxygen atoms in total. The number of carbonyl (C=O) groups excluding carboxylic acids is 1. The molecule has 0 saturated carbocycles. The molecule has 0 aromatic rings. The summed E-state index contributed by atoms with van der Waals surface area (Å²) in [6, 6.07) is 0. The first kappa shape index (κ1) is 5.83. The van der Waals surface area contributed by atoms with E-state index >= 15 is 0 Å². The van der Waals surface area contributed by atoms with E-state index in [-0.39, 0.29) is 11.2 Å². The topological polar surface area (TPSA) is 17.1 Å². The zero-order valence-electron chi connectivity index (χ0n) is 4.65. The fourth-order valence-electron chi connectivity index (χ4n) is 0.803. The highest BCUT2D eigenvalue weighted by molar-refractivity contribution is 6.64. The van der Waals surface area contributed by atoms with Crippen LogP contribution in [0.1, 0.15) is 13.3 Å². The van der Waals surface area contributed by atoms with Crippen LogP contribution >= 0.6 is 11.6 Å². The van der Waals surface area contributed by atoms with E-state index in [0.29, 0.717) is 0 Å². The number of halogens is 1. The van der Waals surface area contributed by atoms with Gasteiger partial charge in [-0.3, -0.25) is 4.79 Å². The summed E-state index contributed by atoms with van der Waals surface area (Å²) in [5.41, 5.74) is 1.27. The first-order valence-electron chi connectivity index (χ1n) is 2.57. The second-order valence-electron chi connectivity index (χ2n) is 2.13. The Labute approximate surface area is 53.3 Å². The molecule has 0 amide bonds. The van der Waals surface area contributed by atoms with Gasteiger partial charge in [0.05, 0.1) is 5.92 Å². The summed E-state index contributed by atoms with van der Waals surface area (Å²) in [5.74, 6) is 0.0247. The Balaban J connectivity index is 2.48. The number of hydrogen-bond acceptors (Lipinski definition) is 1. The second kappa shape index (κ2) is 1.90. The van der Waals surface area contributed by atoms with Crippen LogP contribution in [0.5, 0.6) is 0 Å². The van der Waals surface area contributed by atoms with E-state index < -0.39 is 0 Å². The molecule has 1 atom stereocenters. The molecule has 0 saturated heterocycles. The van der Waals surface area contributed by atoms with E-state index in [9.17, 15) is 4.79 Å². The molecule has 0 aliphatic heterocycles. The molecule has 0 spiro atoms. The summed E-state index contributed by atoms with van der Waals surface area (Å²) >= 11 is 5.16. The third kappa shape index (κ3) is 0.920. The Morgan fingerprint density at radius 2 is 2.50 bits per heavy atom. The maximum Gasteiger partial charge on any atom is 0.228 e. The lowest BCUT2D eigenvalue weighted by molar-refractivity contribution is -0.114. The highest BCUT2D eigenvalue weighted by Crippen LogP contribution is 2.26. The van der Waals surface area contributed by atoms with E-state index in [0.717, 1.165) is 6.42 Å². The van der Waals surface area contributed by atoms with Crippen LogP contribution in [0, 0.1) is 5.92 Å². The Morgan fingerprint density at radius 3 is 2.62 bits per heavy atom. The Kier molecular flexibility index (Phi) is 1.39. The van der Waals surface area contributed by atoms with Gasteiger partial charge in [0.15, 0.2) is 0 Å². The van der Waals surface area contributed by atoms with Crippen molar-refractivity contribution in [2.45, 2.75) is 13.3 Å². The lowest BCUT2D eigenvalue weighted by Gasteiger charge is -2.17. The van der Waals surface area contributed by atoms with Crippen molar-refractivity contribution < 1.29 is 4.79 Å². The van der Waals surface area contributed by atoms with Gasteiger partial charge in [0.25, 0.3) is 0 Å². The van der Waals surface area contributed by atoms with Crippen molar-refractivity contribution in [2.75, 3.05) is 0 Å². The van der Waals surface area contributed by atoms with Crippen molar-refractivity contribution in [3.05, 3.63) is 11.6 Å². The molecular weight excluding hydrogens is 124 g/mol. The standard InChI is InChI=1S/C6H7ClO/c1-4-2-5(3-4)6(7)8/h2,5H,3H2,1H3. The van der Waals surface area contributed by atoms with Crippen molar-refractivity contribution in [3.8, 4) is 0 Å². The van der Waals surface area contributed by atoms with Gasteiger partial charge in [0.2, 0.25) is 5.24 Å². The number of rotatable bonds is 1. The van der Waals surface area contributed by atoms with Crippen molar-refractivity contribution in [3.63, 3.8) is 0 Å². The Bertz CT molecular complexity index is 149. The van der Waals surface area contributed by atoms with Crippen molar-refractivity contribution in [2.24, 2.45) is 5.92 Å². The molecule has 44 valence electrons. The van der Waals surface area contributed by atoms with Crippen LogP contribution in [0.4, 0.5) is 0 Å². The van der Waals surface area contributed by atoms with Crippen LogP contribution in [0.2, 0.25) is 0 Å². The van der Waals surface area contributed by atoms with Crippen molar-refractivity contribution >= 4 is 16.8 Å². The van der Waals surface area contributed by atoms with Crippen LogP contribution in [0.15, 0.2) is 11.6 Å². The lowest BCUT2D eigenvalue weighted by atomic mass is 9.89. The largest absolute Gasteiger partial charge is 0.281 e. The predicted molar refractivity (Wildman–Crippen MR) is 32.7 cm³/mol. The van der Waals surface area contributed by atoms with Gasteiger partial charge in [-0.25, -0.2) is 0 Å². The molecule has 0 aromatic carbocycles. The molecule has 1 aliphatic rings. The van der Waals surface area contributed by atoms with Crippen LogP contribution < -0.4 is 0 Å². The fraction of sp³-hybridized carbons (Fsp3) is 0.500. The number of carbonyl (C=O) groups is 1. The van der Waals surface area contributed by atoms with Gasteiger partial charge in [-0.2, -0.15) is 0 Å². The van der Waals surface area contributed by atoms with E-state index in [2.05, 4.69) is 0 Å². The summed E-state index contributed by atoms with van der Waals surface area (Å²) in [6.07, 6.45) is 2.76. The van der Waals surface area contributed by atoms with Gasteiger partial charge in [0, 0.05) is 0 Å². The summed E-state index contributed by atoms with van der Waals surface area (Å²) in [6.45, 7) is 2.00. The van der Waals surface area contributed by atoms with Crippen LogP contribution in [0.3, 0.4) is 0 Å². The summed E-state index contributed by atoms with van der Waals surface area (Å²) < 4.78 is 0. The van der Waals surface area contributed by atoms with Gasteiger partial charge in [-0.05, 0) is 24.9 Å². The molecule has 1 aliphatic carbocycles. The minimum atomic E-state index is -0.226. The summed E-state index contributed by atoms with van der Waals surface area (Å²) in [7, 11) is 0. The Hall–Kier alpha value is -0.300. The minimum absolute atomic E-state index is 0.0247. The maximum atomic E-state index is 10.3. The number of hydrogen-bond donors (Lipinski definition) is 0. The van der Waals surface area contributed by atoms with Gasteiger partial charge in [0.1, 0.15) is 0 Å². The smallest absolute Gasteiger partial charge is 0.228 e. The van der Waals surface area contributed by atoms with Crippen molar-refractivity contribution in [1.82, 2.24) is 0 Å². The van der Waals surface area contributed by atoms with Gasteiger partial charge < -0.3 is 0 Å². The highest BCUT2D eigenvalue weighted by atomic mass is 35.5. The average Bonchev–Trinajstić information content (AvgIpc) is 1.57. The molecule has 8 heavy (non-hydrogen) atoms. The first-order valence-corrected chi connectivity index (χ1v) is 2.94. The first-order chi connectivity index (χ1) is 3.70. The average molecular weight is 131 g/mol. The highest BCUT2D eigenvalue weighted by Gasteiger charge is 2.20. The third-order valence-electron chi connectivity index (χ3n) is 1.32. The molecule has 0 fully saturated rings. The summed E-state index contributed by atoms with van der Waals surface area (Å²) in [4.78, 5) is 10.3. The molecule has 0 aromatic heterocycles. The van der Waals surface area contributed by atoms with Crippen molar-refractivity contribution in [1.29, 1.82) is 0 Å². The molecular formula is C6H7ClO. The second-order valence-corrected chi connectivity index (χ2v) is 2.50. The van der Waals surface area contributed by atoms with Gasteiger partial charge in [-0.15, -0.1) is 0 Å². The minimum Gasteiger partial charge on any atom is -0.281 e. The zero-order valence-corrected chi connectivity index (χ0v) is 5.40. The van der Waals surface area contributed by atoms with E-state index in [1.54, 1.807) is 0 Å². The van der Waals surface area contributed by atoms with E-state index in [1.807, 2.05) is 13.0 Å². The summed E-state index contributed by atoms with van der Waals surface area (Å²) in [5, 5.41) is -0.226. The van der Waals surface area contributed by atoms with Crippen LogP contribution in [0.25, 0.3) is 0 Å². The van der Waals surface area contributed by atoms with E-state index in [4.69, 9.17) is 11.6 Å². The molecule has 0 radical (unpaired) electrons. The molecule has 0 heterocycles. The normalized spacial score (nSPS) is 26.2. The maximum absolute atomic E-state index is 10.3. The molecule has 1 unspecified atom stereocenters.